The lowest BCUT2D eigenvalue weighted by atomic mass is 9.93. The van der Waals surface area contributed by atoms with Gasteiger partial charge in [-0.3, -0.25) is 0 Å². The summed E-state index contributed by atoms with van der Waals surface area (Å²) in [6.45, 7) is 6.71. The standard InChI is InChI=1S/C27H33F3N6O3S/c1-16(2)18-4-5-21(36-12-17(13-36)14-40(38,39)25(28)29)20-11-32-24(10-19(18)20)33-23-6-8-31-26(34-23)35-9-7-22(37)27(3,30)15-35/h4-6,8,10-11,16-17,22,25,37H,7,9,12-15H2,1-3H3,(H,31,32,33,34)/t22-,27+/m1/s1. The number of nitrogens with one attached hydrogen (secondary N) is 1. The Hall–Kier alpha value is -3.19. The topological polar surface area (TPSA) is 112 Å². The van der Waals surface area contributed by atoms with E-state index in [0.29, 0.717) is 37.2 Å². The van der Waals surface area contributed by atoms with Crippen LogP contribution >= 0.6 is 0 Å². The van der Waals surface area contributed by atoms with E-state index in [2.05, 4.69) is 34.1 Å². The van der Waals surface area contributed by atoms with Crippen LogP contribution in [-0.4, -0.2) is 77.9 Å². The highest BCUT2D eigenvalue weighted by Gasteiger charge is 2.40. The van der Waals surface area contributed by atoms with Crippen LogP contribution in [0, 0.1) is 5.92 Å². The predicted octanol–water partition coefficient (Wildman–Crippen LogP) is 4.26. The Bertz CT molecular complexity index is 1500. The van der Waals surface area contributed by atoms with Gasteiger partial charge in [0.05, 0.1) is 18.4 Å². The minimum atomic E-state index is -4.40. The van der Waals surface area contributed by atoms with Crippen molar-refractivity contribution >= 4 is 43.9 Å². The summed E-state index contributed by atoms with van der Waals surface area (Å²) in [6, 6.07) is 7.60. The molecule has 2 aromatic heterocycles. The summed E-state index contributed by atoms with van der Waals surface area (Å²) in [4.78, 5) is 17.1. The first kappa shape index (κ1) is 28.3. The van der Waals surface area contributed by atoms with Crippen molar-refractivity contribution in [3.8, 4) is 0 Å². The van der Waals surface area contributed by atoms with E-state index in [-0.39, 0.29) is 24.8 Å². The van der Waals surface area contributed by atoms with Crippen molar-refractivity contribution in [1.82, 2.24) is 15.0 Å². The minimum absolute atomic E-state index is 0.0161. The summed E-state index contributed by atoms with van der Waals surface area (Å²) in [7, 11) is -4.40. The molecule has 2 aliphatic rings. The number of benzene rings is 1. The van der Waals surface area contributed by atoms with E-state index in [9.17, 15) is 26.7 Å². The molecule has 0 radical (unpaired) electrons. The molecule has 3 aromatic rings. The van der Waals surface area contributed by atoms with E-state index >= 15 is 0 Å². The first-order valence-corrected chi connectivity index (χ1v) is 14.9. The quantitative estimate of drug-likeness (QED) is 0.405. The van der Waals surface area contributed by atoms with Crippen molar-refractivity contribution in [2.45, 2.75) is 50.6 Å². The summed E-state index contributed by atoms with van der Waals surface area (Å²) in [5.41, 5.74) is 0.206. The number of aliphatic hydroxyl groups excluding tert-OH is 1. The molecule has 2 saturated heterocycles. The largest absolute Gasteiger partial charge is 0.390 e. The third-order valence-electron chi connectivity index (χ3n) is 7.62. The van der Waals surface area contributed by atoms with Crippen LogP contribution < -0.4 is 15.1 Å². The molecule has 9 nitrogen and oxygen atoms in total. The second-order valence-corrected chi connectivity index (χ2v) is 13.2. The third kappa shape index (κ3) is 5.67. The lowest BCUT2D eigenvalue weighted by Gasteiger charge is -2.41. The Labute approximate surface area is 231 Å². The van der Waals surface area contributed by atoms with E-state index in [1.807, 2.05) is 23.1 Å². The molecular formula is C27H33F3N6O3S. The number of aromatic nitrogens is 3. The molecule has 13 heteroatoms. The second kappa shape index (κ2) is 10.7. The van der Waals surface area contributed by atoms with Crippen LogP contribution in [0.5, 0.6) is 0 Å². The zero-order valence-corrected chi connectivity index (χ0v) is 23.4. The van der Waals surface area contributed by atoms with Gasteiger partial charge in [-0.15, -0.1) is 0 Å². The number of anilines is 4. The fraction of sp³-hybridized carbons (Fsp3) is 0.519. The molecule has 5 rings (SSSR count). The van der Waals surface area contributed by atoms with Gasteiger partial charge in [0.25, 0.3) is 0 Å². The van der Waals surface area contributed by atoms with Crippen LogP contribution in [0.2, 0.25) is 0 Å². The van der Waals surface area contributed by atoms with E-state index < -0.39 is 33.1 Å². The lowest BCUT2D eigenvalue weighted by molar-refractivity contribution is -0.00860. The second-order valence-electron chi connectivity index (χ2n) is 11.2. The van der Waals surface area contributed by atoms with Crippen LogP contribution in [-0.2, 0) is 9.84 Å². The van der Waals surface area contributed by atoms with Gasteiger partial charge in [-0.1, -0.05) is 19.9 Å². The maximum atomic E-state index is 14.7. The molecule has 2 atom stereocenters. The van der Waals surface area contributed by atoms with Crippen LogP contribution in [0.25, 0.3) is 10.8 Å². The molecule has 0 saturated carbocycles. The van der Waals surface area contributed by atoms with Crippen molar-refractivity contribution in [2.24, 2.45) is 5.92 Å². The first-order valence-electron chi connectivity index (χ1n) is 13.2. The fourth-order valence-electron chi connectivity index (χ4n) is 5.38. The van der Waals surface area contributed by atoms with Crippen molar-refractivity contribution in [3.63, 3.8) is 0 Å². The van der Waals surface area contributed by atoms with Crippen LogP contribution in [0.4, 0.5) is 36.4 Å². The predicted molar refractivity (Wildman–Crippen MR) is 149 cm³/mol. The molecule has 4 heterocycles. The number of hydrogen-bond donors (Lipinski definition) is 2. The molecule has 0 amide bonds. The van der Waals surface area contributed by atoms with Crippen LogP contribution in [0.15, 0.2) is 36.7 Å². The summed E-state index contributed by atoms with van der Waals surface area (Å²) >= 11 is 0. The Morgan fingerprint density at radius 1 is 1.12 bits per heavy atom. The zero-order valence-electron chi connectivity index (χ0n) is 22.6. The number of alkyl halides is 3. The summed E-state index contributed by atoms with van der Waals surface area (Å²) in [5, 5.41) is 15.0. The van der Waals surface area contributed by atoms with E-state index in [1.165, 1.54) is 6.92 Å². The number of hydrogen-bond acceptors (Lipinski definition) is 9. The molecule has 216 valence electrons. The molecule has 2 fully saturated rings. The van der Waals surface area contributed by atoms with E-state index in [0.717, 1.165) is 22.0 Å². The Morgan fingerprint density at radius 2 is 1.88 bits per heavy atom. The lowest BCUT2D eigenvalue weighted by Crippen LogP contribution is -2.52. The molecule has 1 aromatic carbocycles. The maximum Gasteiger partial charge on any atom is 0.336 e. The SMILES string of the molecule is CC(C)c1ccc(N2CC(CS(=O)(=O)C(F)F)C2)c2cnc(Nc3ccnc(N4CC[C@@H](O)[C@@](C)(F)C4)n3)cc12. The number of sulfone groups is 1. The Morgan fingerprint density at radius 3 is 2.55 bits per heavy atom. The number of rotatable bonds is 8. The molecule has 0 bridgehead atoms. The van der Waals surface area contributed by atoms with Gasteiger partial charge in [-0.25, -0.2) is 22.8 Å². The van der Waals surface area contributed by atoms with Crippen molar-refractivity contribution in [3.05, 3.63) is 42.2 Å². The highest BCUT2D eigenvalue weighted by Crippen LogP contribution is 2.37. The average molecular weight is 579 g/mol. The Balaban J connectivity index is 1.37. The van der Waals surface area contributed by atoms with Crippen molar-refractivity contribution < 1.29 is 26.7 Å². The fourth-order valence-corrected chi connectivity index (χ4v) is 6.39. The minimum Gasteiger partial charge on any atom is -0.390 e. The summed E-state index contributed by atoms with van der Waals surface area (Å²) < 4.78 is 63.5. The van der Waals surface area contributed by atoms with Crippen LogP contribution in [0.3, 0.4) is 0 Å². The van der Waals surface area contributed by atoms with Gasteiger partial charge in [0.15, 0.2) is 5.67 Å². The molecule has 2 aliphatic heterocycles. The molecule has 40 heavy (non-hydrogen) atoms. The Kier molecular flexibility index (Phi) is 7.55. The van der Waals surface area contributed by atoms with Gasteiger partial charge in [-0.2, -0.15) is 13.8 Å². The average Bonchev–Trinajstić information content (AvgIpc) is 2.87. The highest BCUT2D eigenvalue weighted by molar-refractivity contribution is 7.91. The number of nitrogens with zero attached hydrogens (tertiary/aromatic N) is 5. The number of halogens is 3. The molecule has 0 aliphatic carbocycles. The van der Waals surface area contributed by atoms with E-state index in [4.69, 9.17) is 0 Å². The first-order chi connectivity index (χ1) is 18.8. The van der Waals surface area contributed by atoms with Crippen molar-refractivity contribution in [2.75, 3.05) is 47.0 Å². The number of aliphatic hydroxyl groups is 1. The normalized spacial score (nSPS) is 22.3. The molecule has 0 unspecified atom stereocenters. The van der Waals surface area contributed by atoms with Gasteiger partial charge in [-0.05, 0) is 48.4 Å². The molecule has 2 N–H and O–H groups in total. The maximum absolute atomic E-state index is 14.7. The number of fused-ring (bicyclic) bond motifs is 1. The summed E-state index contributed by atoms with van der Waals surface area (Å²) in [6.07, 6.45) is 2.57. The number of pyridine rings is 1. The van der Waals surface area contributed by atoms with Crippen LogP contribution in [0.1, 0.15) is 38.7 Å². The number of piperidine rings is 1. The van der Waals surface area contributed by atoms with E-state index in [1.54, 1.807) is 23.4 Å². The third-order valence-corrected chi connectivity index (χ3v) is 9.10. The van der Waals surface area contributed by atoms with Gasteiger partial charge in [0, 0.05) is 49.0 Å². The van der Waals surface area contributed by atoms with Gasteiger partial charge in [0.1, 0.15) is 11.6 Å². The monoisotopic (exact) mass is 578 g/mol. The molecular weight excluding hydrogens is 545 g/mol. The van der Waals surface area contributed by atoms with Gasteiger partial charge >= 0.3 is 5.76 Å². The van der Waals surface area contributed by atoms with Crippen molar-refractivity contribution in [1.29, 1.82) is 0 Å². The van der Waals surface area contributed by atoms with Gasteiger partial charge < -0.3 is 20.2 Å². The highest BCUT2D eigenvalue weighted by atomic mass is 32.2. The molecule has 0 spiro atoms. The van der Waals surface area contributed by atoms with Gasteiger partial charge in [0.2, 0.25) is 15.8 Å². The zero-order chi connectivity index (χ0) is 28.8. The smallest absolute Gasteiger partial charge is 0.336 e. The summed E-state index contributed by atoms with van der Waals surface area (Å²) in [5.74, 6) is -2.64.